The zero-order valence-corrected chi connectivity index (χ0v) is 8.14. The molecular formula is C7H8BrF3N2. The van der Waals surface area contributed by atoms with Crippen LogP contribution in [0.4, 0.5) is 13.2 Å². The third-order valence-electron chi connectivity index (χ3n) is 1.29. The van der Waals surface area contributed by atoms with Gasteiger partial charge in [0.1, 0.15) is 4.60 Å². The maximum Gasteiger partial charge on any atom is 0.273 e. The molecule has 1 rings (SSSR count). The number of hydrogen-bond donors (Lipinski definition) is 1. The number of hydrogen-bond acceptors (Lipinski definition) is 2. The smallest absolute Gasteiger partial charge is 0.273 e. The summed E-state index contributed by atoms with van der Waals surface area (Å²) in [6.07, 6.45) is -3.95. The molecule has 74 valence electrons. The van der Waals surface area contributed by atoms with Crippen LogP contribution in [0.3, 0.4) is 0 Å². The maximum absolute atomic E-state index is 12.6. The minimum absolute atomic E-state index is 0. The first kappa shape index (κ1) is 12.4. The van der Waals surface area contributed by atoms with E-state index < -0.39 is 12.6 Å². The van der Waals surface area contributed by atoms with E-state index in [2.05, 4.69) is 20.9 Å². The van der Waals surface area contributed by atoms with Gasteiger partial charge in [-0.25, -0.2) is 18.2 Å². The Morgan fingerprint density at radius 1 is 1.31 bits per heavy atom. The Kier molecular flexibility index (Phi) is 4.94. The highest BCUT2D eigenvalue weighted by Gasteiger charge is 2.21. The second-order valence-corrected chi connectivity index (χ2v) is 2.96. The van der Waals surface area contributed by atoms with Crippen molar-refractivity contribution in [1.29, 1.82) is 0 Å². The van der Waals surface area contributed by atoms with Gasteiger partial charge in [-0.1, -0.05) is 0 Å². The van der Waals surface area contributed by atoms with Crippen LogP contribution in [0.5, 0.6) is 0 Å². The predicted octanol–water partition coefficient (Wildman–Crippen LogP) is 3.28. The lowest BCUT2D eigenvalue weighted by molar-refractivity contribution is 0.0495. The SMILES string of the molecule is FC(F)C(F)c1ccnc(Br)c1.N. The molecule has 2 nitrogen and oxygen atoms in total. The second-order valence-electron chi connectivity index (χ2n) is 2.15. The molecule has 1 heterocycles. The molecule has 1 aromatic heterocycles. The van der Waals surface area contributed by atoms with Crippen LogP contribution < -0.4 is 6.15 Å². The first-order chi connectivity index (χ1) is 5.61. The van der Waals surface area contributed by atoms with Gasteiger partial charge in [0, 0.05) is 6.20 Å². The third-order valence-corrected chi connectivity index (χ3v) is 1.72. The molecule has 1 unspecified atom stereocenters. The molecule has 3 N–H and O–H groups in total. The van der Waals surface area contributed by atoms with Crippen LogP contribution >= 0.6 is 15.9 Å². The Balaban J connectivity index is 0.00000144. The van der Waals surface area contributed by atoms with Crippen LogP contribution in [0, 0.1) is 0 Å². The van der Waals surface area contributed by atoms with E-state index in [1.54, 1.807) is 0 Å². The number of alkyl halides is 3. The topological polar surface area (TPSA) is 47.9 Å². The van der Waals surface area contributed by atoms with E-state index in [9.17, 15) is 13.2 Å². The molecule has 0 aliphatic carbocycles. The molecule has 6 heteroatoms. The lowest BCUT2D eigenvalue weighted by atomic mass is 10.2. The van der Waals surface area contributed by atoms with Crippen molar-refractivity contribution in [2.45, 2.75) is 12.6 Å². The van der Waals surface area contributed by atoms with E-state index in [0.717, 1.165) is 0 Å². The van der Waals surface area contributed by atoms with E-state index in [1.807, 2.05) is 0 Å². The fourth-order valence-electron chi connectivity index (χ4n) is 0.734. The van der Waals surface area contributed by atoms with Gasteiger partial charge in [0.25, 0.3) is 6.43 Å². The van der Waals surface area contributed by atoms with E-state index >= 15 is 0 Å². The van der Waals surface area contributed by atoms with Crippen molar-refractivity contribution >= 4 is 15.9 Å². The first-order valence-corrected chi connectivity index (χ1v) is 3.94. The molecule has 0 fully saturated rings. The van der Waals surface area contributed by atoms with Crippen LogP contribution in [0.2, 0.25) is 0 Å². The fraction of sp³-hybridized carbons (Fsp3) is 0.286. The standard InChI is InChI=1S/C7H5BrF3N.H3N/c8-5-3-4(1-2-12-5)6(9)7(10)11;/h1-3,6-7H;1H3. The highest BCUT2D eigenvalue weighted by atomic mass is 79.9. The van der Waals surface area contributed by atoms with Crippen molar-refractivity contribution < 1.29 is 13.2 Å². The molecule has 0 saturated carbocycles. The van der Waals surface area contributed by atoms with Crippen LogP contribution in [0.1, 0.15) is 11.7 Å². The summed E-state index contributed by atoms with van der Waals surface area (Å²) >= 11 is 2.96. The highest BCUT2D eigenvalue weighted by molar-refractivity contribution is 9.10. The average Bonchev–Trinajstić information content (AvgIpc) is 2.03. The lowest BCUT2D eigenvalue weighted by Gasteiger charge is -2.06. The van der Waals surface area contributed by atoms with E-state index in [1.165, 1.54) is 18.3 Å². The van der Waals surface area contributed by atoms with Crippen LogP contribution in [0.15, 0.2) is 22.9 Å². The van der Waals surface area contributed by atoms with Crippen molar-refractivity contribution in [2.75, 3.05) is 0 Å². The first-order valence-electron chi connectivity index (χ1n) is 3.15. The maximum atomic E-state index is 12.6. The Labute approximate surface area is 81.9 Å². The molecule has 0 saturated heterocycles. The lowest BCUT2D eigenvalue weighted by Crippen LogP contribution is -2.02. The van der Waals surface area contributed by atoms with Gasteiger partial charge in [-0.3, -0.25) is 0 Å². The summed E-state index contributed by atoms with van der Waals surface area (Å²) in [6.45, 7) is 0. The molecule has 0 aliphatic heterocycles. The van der Waals surface area contributed by atoms with Gasteiger partial charge in [0.15, 0.2) is 6.17 Å². The Hall–Kier alpha value is -0.620. The zero-order chi connectivity index (χ0) is 9.14. The van der Waals surface area contributed by atoms with Crippen molar-refractivity contribution in [2.24, 2.45) is 0 Å². The minimum Gasteiger partial charge on any atom is -0.344 e. The van der Waals surface area contributed by atoms with E-state index in [4.69, 9.17) is 0 Å². The number of nitrogens with zero attached hydrogens (tertiary/aromatic N) is 1. The van der Waals surface area contributed by atoms with E-state index in [0.29, 0.717) is 4.60 Å². The van der Waals surface area contributed by atoms with Gasteiger partial charge < -0.3 is 6.15 Å². The third kappa shape index (κ3) is 3.31. The summed E-state index contributed by atoms with van der Waals surface area (Å²) in [7, 11) is 0. The largest absolute Gasteiger partial charge is 0.344 e. The number of halogens is 4. The molecule has 1 atom stereocenters. The zero-order valence-electron chi connectivity index (χ0n) is 6.55. The van der Waals surface area contributed by atoms with Gasteiger partial charge >= 0.3 is 0 Å². The van der Waals surface area contributed by atoms with Gasteiger partial charge in [-0.15, -0.1) is 0 Å². The van der Waals surface area contributed by atoms with Crippen molar-refractivity contribution in [1.82, 2.24) is 11.1 Å². The number of pyridine rings is 1. The summed E-state index contributed by atoms with van der Waals surface area (Å²) in [5.41, 5.74) is -0.0631. The molecule has 0 radical (unpaired) electrons. The molecule has 0 bridgehead atoms. The molecule has 0 amide bonds. The monoisotopic (exact) mass is 256 g/mol. The summed E-state index contributed by atoms with van der Waals surface area (Å²) in [4.78, 5) is 3.69. The van der Waals surface area contributed by atoms with Crippen LogP contribution in [0.25, 0.3) is 0 Å². The number of rotatable bonds is 2. The Morgan fingerprint density at radius 3 is 2.38 bits per heavy atom. The average molecular weight is 257 g/mol. The fourth-order valence-corrected chi connectivity index (χ4v) is 1.12. The summed E-state index contributed by atoms with van der Waals surface area (Å²) in [6, 6.07) is 2.46. The Bertz CT molecular complexity index is 270. The summed E-state index contributed by atoms with van der Waals surface area (Å²) < 4.78 is 36.7. The second kappa shape index (κ2) is 5.18. The molecule has 1 aromatic rings. The predicted molar refractivity (Wildman–Crippen MR) is 46.8 cm³/mol. The molecular weight excluding hydrogens is 249 g/mol. The number of aromatic nitrogens is 1. The molecule has 13 heavy (non-hydrogen) atoms. The normalized spacial score (nSPS) is 12.4. The van der Waals surface area contributed by atoms with Crippen molar-refractivity contribution in [3.63, 3.8) is 0 Å². The van der Waals surface area contributed by atoms with Gasteiger partial charge in [0.05, 0.1) is 0 Å². The molecule has 0 aromatic carbocycles. The minimum atomic E-state index is -2.99. The van der Waals surface area contributed by atoms with Crippen molar-refractivity contribution in [3.8, 4) is 0 Å². The molecule has 0 aliphatic rings. The highest BCUT2D eigenvalue weighted by Crippen LogP contribution is 2.25. The van der Waals surface area contributed by atoms with Gasteiger partial charge in [-0.2, -0.15) is 0 Å². The molecule has 0 spiro atoms. The Morgan fingerprint density at radius 2 is 1.92 bits per heavy atom. The van der Waals surface area contributed by atoms with Crippen LogP contribution in [-0.4, -0.2) is 11.4 Å². The van der Waals surface area contributed by atoms with Gasteiger partial charge in [0.2, 0.25) is 0 Å². The van der Waals surface area contributed by atoms with Gasteiger partial charge in [-0.05, 0) is 33.6 Å². The summed E-state index contributed by atoms with van der Waals surface area (Å²) in [5.74, 6) is 0. The van der Waals surface area contributed by atoms with Crippen molar-refractivity contribution in [3.05, 3.63) is 28.5 Å². The van der Waals surface area contributed by atoms with E-state index in [-0.39, 0.29) is 11.7 Å². The summed E-state index contributed by atoms with van der Waals surface area (Å²) in [5, 5.41) is 0. The quantitative estimate of drug-likeness (QED) is 0.826. The van der Waals surface area contributed by atoms with Crippen LogP contribution in [-0.2, 0) is 0 Å².